The molecule has 0 saturated heterocycles. The third-order valence-corrected chi connectivity index (χ3v) is 2.74. The maximum absolute atomic E-state index is 11.1. The largest absolute Gasteiger partial charge is 0.479 e. The van der Waals surface area contributed by atoms with Crippen molar-refractivity contribution in [2.45, 2.75) is 31.2 Å². The number of aliphatic carboxylic acids is 1. The zero-order valence-corrected chi connectivity index (χ0v) is 7.18. The predicted octanol–water partition coefficient (Wildman–Crippen LogP) is 0.632. The van der Waals surface area contributed by atoms with Crippen LogP contribution in [0.4, 0.5) is 0 Å². The summed E-state index contributed by atoms with van der Waals surface area (Å²) in [7, 11) is 0. The molecule has 1 heterocycles. The van der Waals surface area contributed by atoms with Crippen LogP contribution in [-0.4, -0.2) is 25.8 Å². The summed E-state index contributed by atoms with van der Waals surface area (Å²) in [5.74, 6) is -0.773. The fraction of sp³-hybridized carbons (Fsp3) is 0.625. The Morgan fingerprint density at radius 2 is 1.85 bits per heavy atom. The molecule has 0 radical (unpaired) electrons. The van der Waals surface area contributed by atoms with Crippen molar-refractivity contribution in [3.05, 3.63) is 12.7 Å². The van der Waals surface area contributed by atoms with Gasteiger partial charge in [-0.05, 0) is 12.8 Å². The van der Waals surface area contributed by atoms with Crippen molar-refractivity contribution in [2.24, 2.45) is 0 Å². The molecule has 13 heavy (non-hydrogen) atoms. The van der Waals surface area contributed by atoms with Gasteiger partial charge in [0.15, 0.2) is 0 Å². The van der Waals surface area contributed by atoms with Gasteiger partial charge in [-0.3, -0.25) is 0 Å². The van der Waals surface area contributed by atoms with E-state index in [0.717, 1.165) is 12.8 Å². The quantitative estimate of drug-likeness (QED) is 0.726. The first kappa shape index (κ1) is 8.22. The van der Waals surface area contributed by atoms with Crippen molar-refractivity contribution in [1.82, 2.24) is 14.8 Å². The third-order valence-electron chi connectivity index (χ3n) is 2.74. The van der Waals surface area contributed by atoms with E-state index in [2.05, 4.69) is 10.2 Å². The van der Waals surface area contributed by atoms with Gasteiger partial charge in [0.2, 0.25) is 0 Å². The summed E-state index contributed by atoms with van der Waals surface area (Å²) >= 11 is 0. The minimum atomic E-state index is -0.774. The van der Waals surface area contributed by atoms with Crippen molar-refractivity contribution in [3.63, 3.8) is 0 Å². The molecule has 1 N–H and O–H groups in total. The fourth-order valence-electron chi connectivity index (χ4n) is 1.96. The summed E-state index contributed by atoms with van der Waals surface area (Å²) in [6.07, 6.45) is 6.26. The number of carbonyl (C=O) groups is 1. The Labute approximate surface area is 75.4 Å². The van der Waals surface area contributed by atoms with Gasteiger partial charge in [0.25, 0.3) is 0 Å². The van der Waals surface area contributed by atoms with Crippen molar-refractivity contribution < 1.29 is 9.90 Å². The van der Waals surface area contributed by atoms with E-state index in [1.807, 2.05) is 0 Å². The molecule has 5 nitrogen and oxygen atoms in total. The summed E-state index contributed by atoms with van der Waals surface area (Å²) < 4.78 is 1.61. The van der Waals surface area contributed by atoms with E-state index in [-0.39, 0.29) is 0 Å². The van der Waals surface area contributed by atoms with Crippen LogP contribution < -0.4 is 0 Å². The number of carboxylic acid groups (broad SMARTS) is 1. The lowest BCUT2D eigenvalue weighted by Crippen LogP contribution is -2.38. The Hall–Kier alpha value is -1.39. The summed E-state index contributed by atoms with van der Waals surface area (Å²) in [5, 5.41) is 16.4. The molecular formula is C8H11N3O2. The van der Waals surface area contributed by atoms with Crippen LogP contribution in [0.15, 0.2) is 12.7 Å². The number of aromatic nitrogens is 3. The molecule has 0 aliphatic heterocycles. The molecule has 1 fully saturated rings. The lowest BCUT2D eigenvalue weighted by atomic mass is 9.98. The second kappa shape index (κ2) is 2.83. The molecule has 0 atom stereocenters. The van der Waals surface area contributed by atoms with Gasteiger partial charge in [-0.25, -0.2) is 4.79 Å². The standard InChI is InChI=1S/C8H11N3O2/c12-7(13)8(3-1-2-4-8)11-5-9-10-6-11/h5-6H,1-4H2,(H,12,13). The molecule has 0 amide bonds. The third kappa shape index (κ3) is 1.11. The monoisotopic (exact) mass is 181 g/mol. The van der Waals surface area contributed by atoms with E-state index in [9.17, 15) is 4.79 Å². The SMILES string of the molecule is O=C(O)C1(n2cnnc2)CCCC1. The first-order valence-electron chi connectivity index (χ1n) is 4.34. The second-order valence-corrected chi connectivity index (χ2v) is 3.41. The molecule has 1 aliphatic carbocycles. The van der Waals surface area contributed by atoms with Gasteiger partial charge >= 0.3 is 5.97 Å². The Bertz CT molecular complexity index is 301. The van der Waals surface area contributed by atoms with Crippen molar-refractivity contribution in [2.75, 3.05) is 0 Å². The zero-order chi connectivity index (χ0) is 9.31. The maximum atomic E-state index is 11.1. The average molecular weight is 181 g/mol. The van der Waals surface area contributed by atoms with Gasteiger partial charge in [-0.2, -0.15) is 0 Å². The van der Waals surface area contributed by atoms with E-state index in [4.69, 9.17) is 5.11 Å². The van der Waals surface area contributed by atoms with Gasteiger partial charge in [0.05, 0.1) is 0 Å². The Morgan fingerprint density at radius 3 is 2.31 bits per heavy atom. The second-order valence-electron chi connectivity index (χ2n) is 3.41. The van der Waals surface area contributed by atoms with Gasteiger partial charge in [-0.15, -0.1) is 10.2 Å². The molecule has 0 spiro atoms. The molecule has 1 aliphatic rings. The normalized spacial score (nSPS) is 20.3. The maximum Gasteiger partial charge on any atom is 0.329 e. The molecule has 70 valence electrons. The number of hydrogen-bond donors (Lipinski definition) is 1. The average Bonchev–Trinajstić information content (AvgIpc) is 2.75. The molecule has 5 heteroatoms. The van der Waals surface area contributed by atoms with Gasteiger partial charge in [-0.1, -0.05) is 12.8 Å². The highest BCUT2D eigenvalue weighted by Crippen LogP contribution is 2.36. The topological polar surface area (TPSA) is 68.0 Å². The highest BCUT2D eigenvalue weighted by Gasteiger charge is 2.42. The van der Waals surface area contributed by atoms with Crippen molar-refractivity contribution in [3.8, 4) is 0 Å². The molecule has 1 saturated carbocycles. The number of hydrogen-bond acceptors (Lipinski definition) is 3. The van der Waals surface area contributed by atoms with E-state index in [0.29, 0.717) is 12.8 Å². The molecule has 0 aromatic carbocycles. The van der Waals surface area contributed by atoms with E-state index >= 15 is 0 Å². The van der Waals surface area contributed by atoms with Gasteiger partial charge in [0.1, 0.15) is 18.2 Å². The Balaban J connectivity index is 2.39. The van der Waals surface area contributed by atoms with Crippen LogP contribution >= 0.6 is 0 Å². The predicted molar refractivity (Wildman–Crippen MR) is 44.1 cm³/mol. The molecule has 0 unspecified atom stereocenters. The molecular weight excluding hydrogens is 170 g/mol. The number of rotatable bonds is 2. The lowest BCUT2D eigenvalue weighted by Gasteiger charge is -2.24. The zero-order valence-electron chi connectivity index (χ0n) is 7.18. The van der Waals surface area contributed by atoms with E-state index in [1.54, 1.807) is 4.57 Å². The minimum Gasteiger partial charge on any atom is -0.479 e. The van der Waals surface area contributed by atoms with Crippen LogP contribution in [0.5, 0.6) is 0 Å². The highest BCUT2D eigenvalue weighted by molar-refractivity contribution is 5.77. The molecule has 1 aromatic heterocycles. The minimum absolute atomic E-state index is 0.681. The smallest absolute Gasteiger partial charge is 0.329 e. The summed E-state index contributed by atoms with van der Waals surface area (Å²) in [6, 6.07) is 0. The summed E-state index contributed by atoms with van der Waals surface area (Å²) in [6.45, 7) is 0. The Morgan fingerprint density at radius 1 is 1.31 bits per heavy atom. The first-order valence-corrected chi connectivity index (χ1v) is 4.34. The van der Waals surface area contributed by atoms with E-state index in [1.165, 1.54) is 12.7 Å². The number of nitrogens with zero attached hydrogens (tertiary/aromatic N) is 3. The molecule has 0 bridgehead atoms. The van der Waals surface area contributed by atoms with Crippen LogP contribution in [-0.2, 0) is 10.3 Å². The van der Waals surface area contributed by atoms with Crippen LogP contribution in [0, 0.1) is 0 Å². The van der Waals surface area contributed by atoms with Crippen LogP contribution in [0.2, 0.25) is 0 Å². The van der Waals surface area contributed by atoms with Crippen molar-refractivity contribution >= 4 is 5.97 Å². The highest BCUT2D eigenvalue weighted by atomic mass is 16.4. The van der Waals surface area contributed by atoms with Crippen LogP contribution in [0.3, 0.4) is 0 Å². The molecule has 2 rings (SSSR count). The summed E-state index contributed by atoms with van der Waals surface area (Å²) in [4.78, 5) is 11.1. The lowest BCUT2D eigenvalue weighted by molar-refractivity contribution is -0.147. The first-order chi connectivity index (χ1) is 6.26. The van der Waals surface area contributed by atoms with Gasteiger partial charge in [0, 0.05) is 0 Å². The van der Waals surface area contributed by atoms with Gasteiger partial charge < -0.3 is 9.67 Å². The fourth-order valence-corrected chi connectivity index (χ4v) is 1.96. The van der Waals surface area contributed by atoms with Crippen LogP contribution in [0.25, 0.3) is 0 Å². The molecule has 1 aromatic rings. The van der Waals surface area contributed by atoms with E-state index < -0.39 is 11.5 Å². The Kier molecular flexibility index (Phi) is 1.79. The number of carboxylic acids is 1. The summed E-state index contributed by atoms with van der Waals surface area (Å²) in [5.41, 5.74) is -0.774. The van der Waals surface area contributed by atoms with Crippen LogP contribution in [0.1, 0.15) is 25.7 Å². The van der Waals surface area contributed by atoms with Crippen molar-refractivity contribution in [1.29, 1.82) is 0 Å².